The smallest absolute Gasteiger partial charge is 0.361 e. The number of carbonyl (C=O) groups is 1. The van der Waals surface area contributed by atoms with Gasteiger partial charge in [0.25, 0.3) is 0 Å². The van der Waals surface area contributed by atoms with Crippen LogP contribution in [-0.2, 0) is 9.53 Å². The lowest BCUT2D eigenvalue weighted by molar-refractivity contribution is -0.899. The van der Waals surface area contributed by atoms with E-state index in [0.29, 0.717) is 30.9 Å². The van der Waals surface area contributed by atoms with E-state index in [9.17, 15) is 4.79 Å². The van der Waals surface area contributed by atoms with Gasteiger partial charge < -0.3 is 9.22 Å². The lowest BCUT2D eigenvalue weighted by Crippen LogP contribution is -2.48. The van der Waals surface area contributed by atoms with Crippen molar-refractivity contribution in [1.82, 2.24) is 0 Å². The van der Waals surface area contributed by atoms with E-state index in [1.54, 1.807) is 0 Å². The summed E-state index contributed by atoms with van der Waals surface area (Å²) in [5.74, 6) is 1.51. The lowest BCUT2D eigenvalue weighted by Gasteiger charge is -2.34. The van der Waals surface area contributed by atoms with Gasteiger partial charge in [0.1, 0.15) is 0 Å². The molecule has 3 nitrogen and oxygen atoms in total. The van der Waals surface area contributed by atoms with Crippen LogP contribution in [0.2, 0.25) is 0 Å². The van der Waals surface area contributed by atoms with Crippen LogP contribution in [0.15, 0.2) is 11.6 Å². The Labute approximate surface area is 124 Å². The van der Waals surface area contributed by atoms with Crippen molar-refractivity contribution in [3.63, 3.8) is 0 Å². The number of hydrogen-bond donors (Lipinski definition) is 0. The third kappa shape index (κ3) is 4.62. The molecule has 3 atom stereocenters. The minimum atomic E-state index is -0.0538. The molecule has 0 N–H and O–H groups in total. The minimum Gasteiger partial charge on any atom is -0.461 e. The number of ether oxygens (including phenoxy) is 1. The summed E-state index contributed by atoms with van der Waals surface area (Å²) in [7, 11) is 2.11. The summed E-state index contributed by atoms with van der Waals surface area (Å²) in [6.07, 6.45) is 3.46. The Morgan fingerprint density at radius 3 is 2.45 bits per heavy atom. The van der Waals surface area contributed by atoms with Gasteiger partial charge in [0.2, 0.25) is 0 Å². The Morgan fingerprint density at radius 1 is 1.35 bits per heavy atom. The van der Waals surface area contributed by atoms with E-state index in [-0.39, 0.29) is 5.97 Å². The minimum absolute atomic E-state index is 0.0538. The van der Waals surface area contributed by atoms with Crippen LogP contribution < -0.4 is 0 Å². The van der Waals surface area contributed by atoms with Crippen LogP contribution in [0, 0.1) is 17.8 Å². The first-order valence-electron chi connectivity index (χ1n) is 7.97. The van der Waals surface area contributed by atoms with Gasteiger partial charge in [-0.2, -0.15) is 0 Å². The van der Waals surface area contributed by atoms with E-state index >= 15 is 0 Å². The molecule has 0 spiro atoms. The van der Waals surface area contributed by atoms with Crippen LogP contribution in [-0.4, -0.2) is 43.7 Å². The highest BCUT2D eigenvalue weighted by Crippen LogP contribution is 2.33. The Balaban J connectivity index is 2.49. The van der Waals surface area contributed by atoms with Crippen LogP contribution in [0.1, 0.15) is 41.0 Å². The van der Waals surface area contributed by atoms with Crippen molar-refractivity contribution in [3.8, 4) is 0 Å². The van der Waals surface area contributed by atoms with Gasteiger partial charge in [-0.25, -0.2) is 4.79 Å². The molecule has 0 heterocycles. The fourth-order valence-electron chi connectivity index (χ4n) is 3.13. The fourth-order valence-corrected chi connectivity index (χ4v) is 3.13. The number of likely N-dealkylation sites (N-methyl/N-ethyl adjacent to an activating group) is 1. The van der Waals surface area contributed by atoms with Gasteiger partial charge in [-0.15, -0.1) is 0 Å². The number of esters is 1. The number of quaternary nitrogens is 1. The molecule has 0 radical (unpaired) electrons. The van der Waals surface area contributed by atoms with E-state index < -0.39 is 0 Å². The first-order chi connectivity index (χ1) is 9.31. The maximum absolute atomic E-state index is 12.0. The maximum atomic E-state index is 12.0. The average Bonchev–Trinajstić information content (AvgIpc) is 2.37. The van der Waals surface area contributed by atoms with Crippen LogP contribution >= 0.6 is 0 Å². The van der Waals surface area contributed by atoms with E-state index in [1.165, 1.54) is 5.57 Å². The normalized spacial score (nSPS) is 27.1. The molecule has 0 aliphatic heterocycles. The molecule has 0 bridgehead atoms. The zero-order chi connectivity index (χ0) is 15.3. The highest BCUT2D eigenvalue weighted by molar-refractivity contribution is 5.70. The van der Waals surface area contributed by atoms with Crippen molar-refractivity contribution in [2.45, 2.75) is 41.0 Å². The average molecular weight is 282 g/mol. The largest absolute Gasteiger partial charge is 0.461 e. The molecule has 0 amide bonds. The predicted octanol–water partition coefficient (Wildman–Crippen LogP) is 3.25. The number of allylic oxidation sites excluding steroid dienone is 2. The summed E-state index contributed by atoms with van der Waals surface area (Å²) >= 11 is 0. The Kier molecular flexibility index (Phi) is 6.25. The Hall–Kier alpha value is -0.830. The number of rotatable bonds is 6. The first kappa shape index (κ1) is 17.2. The maximum Gasteiger partial charge on any atom is 0.361 e. The van der Waals surface area contributed by atoms with Crippen LogP contribution in [0.25, 0.3) is 0 Å². The van der Waals surface area contributed by atoms with Crippen molar-refractivity contribution in [1.29, 1.82) is 0 Å². The molecular weight excluding hydrogens is 250 g/mol. The molecule has 116 valence electrons. The zero-order valence-corrected chi connectivity index (χ0v) is 14.1. The zero-order valence-electron chi connectivity index (χ0n) is 14.1. The summed E-state index contributed by atoms with van der Waals surface area (Å²) in [5, 5.41) is 0. The summed E-state index contributed by atoms with van der Waals surface area (Å²) in [6.45, 7) is 13.9. The van der Waals surface area contributed by atoms with E-state index in [4.69, 9.17) is 4.74 Å². The Bertz CT molecular complexity index is 358. The SMILES string of the molecule is CC[N+](C)(CC)CC(=O)OC[C@H]1[C@H](C)CC(C)=C[C@@H]1C. The molecule has 3 heteroatoms. The monoisotopic (exact) mass is 282 g/mol. The van der Waals surface area contributed by atoms with Crippen molar-refractivity contribution in [2.75, 3.05) is 33.3 Å². The summed E-state index contributed by atoms with van der Waals surface area (Å²) < 4.78 is 6.33. The van der Waals surface area contributed by atoms with Gasteiger partial charge in [-0.1, -0.05) is 25.5 Å². The van der Waals surface area contributed by atoms with Gasteiger partial charge in [-0.05, 0) is 39.0 Å². The van der Waals surface area contributed by atoms with Crippen molar-refractivity contribution < 1.29 is 14.0 Å². The van der Waals surface area contributed by atoms with Gasteiger partial charge in [0.05, 0.1) is 26.7 Å². The van der Waals surface area contributed by atoms with Crippen molar-refractivity contribution >= 4 is 5.97 Å². The third-order valence-electron chi connectivity index (χ3n) is 5.07. The quantitative estimate of drug-likeness (QED) is 0.425. The second kappa shape index (κ2) is 7.26. The van der Waals surface area contributed by atoms with Crippen LogP contribution in [0.3, 0.4) is 0 Å². The van der Waals surface area contributed by atoms with Crippen LogP contribution in [0.4, 0.5) is 0 Å². The molecule has 0 saturated carbocycles. The first-order valence-corrected chi connectivity index (χ1v) is 7.97. The van der Waals surface area contributed by atoms with Gasteiger partial charge >= 0.3 is 5.97 Å². The molecule has 0 aromatic heterocycles. The highest BCUT2D eigenvalue weighted by atomic mass is 16.5. The summed E-state index contributed by atoms with van der Waals surface area (Å²) in [5.41, 5.74) is 1.47. The van der Waals surface area contributed by atoms with Crippen LogP contribution in [0.5, 0.6) is 0 Å². The third-order valence-corrected chi connectivity index (χ3v) is 5.07. The highest BCUT2D eigenvalue weighted by Gasteiger charge is 2.29. The molecule has 0 saturated heterocycles. The fraction of sp³-hybridized carbons (Fsp3) is 0.824. The molecule has 0 aromatic carbocycles. The summed E-state index contributed by atoms with van der Waals surface area (Å²) in [6, 6.07) is 0. The topological polar surface area (TPSA) is 26.3 Å². The number of nitrogens with zero attached hydrogens (tertiary/aromatic N) is 1. The molecule has 1 aliphatic carbocycles. The van der Waals surface area contributed by atoms with Crippen molar-refractivity contribution in [3.05, 3.63) is 11.6 Å². The standard InChI is InChI=1S/C17H32NO2/c1-7-18(6,8-2)11-17(19)20-12-16-14(4)9-13(3)10-15(16)5/h9,14-16H,7-8,10-12H2,1-6H3/q+1/t14-,15+,16+/m0/s1. The lowest BCUT2D eigenvalue weighted by atomic mass is 9.75. The molecule has 20 heavy (non-hydrogen) atoms. The Morgan fingerprint density at radius 2 is 1.95 bits per heavy atom. The number of hydrogen-bond acceptors (Lipinski definition) is 2. The molecule has 1 rings (SSSR count). The van der Waals surface area contributed by atoms with Gasteiger partial charge in [0.15, 0.2) is 6.54 Å². The second-order valence-electron chi connectivity index (χ2n) is 6.81. The molecular formula is C17H32NO2+. The number of carbonyl (C=O) groups excluding carboxylic acids is 1. The molecule has 0 unspecified atom stereocenters. The van der Waals surface area contributed by atoms with E-state index in [0.717, 1.165) is 24.0 Å². The van der Waals surface area contributed by atoms with Crippen molar-refractivity contribution in [2.24, 2.45) is 17.8 Å². The van der Waals surface area contributed by atoms with E-state index in [1.807, 2.05) is 0 Å². The van der Waals surface area contributed by atoms with Gasteiger partial charge in [0, 0.05) is 5.92 Å². The van der Waals surface area contributed by atoms with E-state index in [2.05, 4.69) is 47.7 Å². The van der Waals surface area contributed by atoms with Gasteiger partial charge in [-0.3, -0.25) is 0 Å². The molecule has 0 fully saturated rings. The molecule has 1 aliphatic rings. The second-order valence-corrected chi connectivity index (χ2v) is 6.81. The summed E-state index contributed by atoms with van der Waals surface area (Å²) in [4.78, 5) is 12.0. The predicted molar refractivity (Wildman–Crippen MR) is 83.3 cm³/mol. The molecule has 0 aromatic rings.